The van der Waals surface area contributed by atoms with Crippen molar-refractivity contribution in [3.8, 4) is 0 Å². The fourth-order valence-electron chi connectivity index (χ4n) is 2.94. The molecule has 0 unspecified atom stereocenters. The number of hydrogen-bond acceptors (Lipinski definition) is 3. The lowest BCUT2D eigenvalue weighted by Crippen LogP contribution is -2.05. The molecule has 2 heterocycles. The Morgan fingerprint density at radius 1 is 1.24 bits per heavy atom. The number of hydrogen-bond donors (Lipinski definition) is 1. The number of benzene rings is 1. The summed E-state index contributed by atoms with van der Waals surface area (Å²) in [4.78, 5) is 0. The number of rotatable bonds is 0. The van der Waals surface area contributed by atoms with E-state index in [0.29, 0.717) is 0 Å². The monoisotopic (exact) mass is 228 g/mol. The minimum Gasteiger partial charge on any atom is -0.428 e. The minimum absolute atomic E-state index is 0.846. The second-order valence-electron chi connectivity index (χ2n) is 4.66. The van der Waals surface area contributed by atoms with Crippen LogP contribution >= 0.6 is 0 Å². The first kappa shape index (κ1) is 9.10. The van der Waals surface area contributed by atoms with E-state index in [1.807, 2.05) is 12.1 Å². The summed E-state index contributed by atoms with van der Waals surface area (Å²) in [6.45, 7) is 0. The molecule has 0 amide bonds. The van der Waals surface area contributed by atoms with Gasteiger partial charge in [-0.1, -0.05) is 5.16 Å². The zero-order valence-corrected chi connectivity index (χ0v) is 9.31. The molecular formula is C13H12N2O2. The molecule has 0 atom stereocenters. The summed E-state index contributed by atoms with van der Waals surface area (Å²) < 4.78 is 6.36. The van der Waals surface area contributed by atoms with Gasteiger partial charge in [-0.25, -0.2) is 0 Å². The van der Waals surface area contributed by atoms with E-state index in [-0.39, 0.29) is 0 Å². The molecule has 4 heteroatoms. The molecule has 0 bridgehead atoms. The fourth-order valence-corrected chi connectivity index (χ4v) is 2.94. The summed E-state index contributed by atoms with van der Waals surface area (Å²) in [5.41, 5.74) is 4.00. The van der Waals surface area contributed by atoms with E-state index in [1.54, 1.807) is 6.26 Å². The third-order valence-corrected chi connectivity index (χ3v) is 3.74. The Hall–Kier alpha value is -1.97. The van der Waals surface area contributed by atoms with Crippen LogP contribution in [0.2, 0.25) is 0 Å². The molecule has 0 saturated carbocycles. The van der Waals surface area contributed by atoms with Crippen LogP contribution in [0.15, 0.2) is 22.9 Å². The molecule has 2 aromatic heterocycles. The van der Waals surface area contributed by atoms with E-state index in [9.17, 15) is 5.21 Å². The third-order valence-electron chi connectivity index (χ3n) is 3.74. The lowest BCUT2D eigenvalue weighted by atomic mass is 9.95. The summed E-state index contributed by atoms with van der Waals surface area (Å²) >= 11 is 0. The molecule has 0 radical (unpaired) electrons. The van der Waals surface area contributed by atoms with Crippen LogP contribution in [0.5, 0.6) is 0 Å². The van der Waals surface area contributed by atoms with Gasteiger partial charge in [-0.2, -0.15) is 4.73 Å². The van der Waals surface area contributed by atoms with Crippen molar-refractivity contribution in [3.05, 3.63) is 29.7 Å². The van der Waals surface area contributed by atoms with E-state index in [2.05, 4.69) is 5.16 Å². The van der Waals surface area contributed by atoms with Gasteiger partial charge in [0.25, 0.3) is 0 Å². The highest BCUT2D eigenvalue weighted by Crippen LogP contribution is 2.35. The molecule has 0 spiro atoms. The van der Waals surface area contributed by atoms with Crippen LogP contribution in [0.4, 0.5) is 0 Å². The van der Waals surface area contributed by atoms with Gasteiger partial charge in [-0.3, -0.25) is 0 Å². The SMILES string of the molecule is On1c2c(c3c4nocc4ccc31)CCCC2. The predicted octanol–water partition coefficient (Wildman–Crippen LogP) is 2.90. The van der Waals surface area contributed by atoms with E-state index in [1.165, 1.54) is 16.7 Å². The summed E-state index contributed by atoms with van der Waals surface area (Å²) in [6, 6.07) is 3.87. The van der Waals surface area contributed by atoms with Gasteiger partial charge >= 0.3 is 0 Å². The normalized spacial score (nSPS) is 15.5. The Labute approximate surface area is 97.4 Å². The highest BCUT2D eigenvalue weighted by Gasteiger charge is 2.22. The van der Waals surface area contributed by atoms with Gasteiger partial charge in [0.05, 0.1) is 11.2 Å². The maximum atomic E-state index is 10.2. The van der Waals surface area contributed by atoms with Crippen LogP contribution in [0.25, 0.3) is 21.8 Å². The van der Waals surface area contributed by atoms with Crippen molar-refractivity contribution in [1.82, 2.24) is 9.89 Å². The molecule has 4 rings (SSSR count). The zero-order chi connectivity index (χ0) is 11.4. The molecule has 4 nitrogen and oxygen atoms in total. The number of aromatic nitrogens is 2. The van der Waals surface area contributed by atoms with Crippen LogP contribution in [-0.2, 0) is 12.8 Å². The molecule has 17 heavy (non-hydrogen) atoms. The van der Waals surface area contributed by atoms with Crippen molar-refractivity contribution in [2.24, 2.45) is 0 Å². The third kappa shape index (κ3) is 1.05. The maximum absolute atomic E-state index is 10.2. The van der Waals surface area contributed by atoms with Gasteiger partial charge in [-0.15, -0.1) is 0 Å². The Morgan fingerprint density at radius 3 is 3.06 bits per heavy atom. The number of fused-ring (bicyclic) bond motifs is 5. The van der Waals surface area contributed by atoms with Gasteiger partial charge in [0.2, 0.25) is 0 Å². The van der Waals surface area contributed by atoms with E-state index < -0.39 is 0 Å². The zero-order valence-electron chi connectivity index (χ0n) is 9.31. The molecule has 1 N–H and O–H groups in total. The minimum atomic E-state index is 0.846. The molecule has 1 aromatic carbocycles. The Bertz CT molecular complexity index is 724. The Balaban J connectivity index is 2.25. The first-order valence-corrected chi connectivity index (χ1v) is 5.95. The maximum Gasteiger partial charge on any atom is 0.131 e. The average molecular weight is 228 g/mol. The fraction of sp³-hybridized carbons (Fsp3) is 0.308. The molecule has 86 valence electrons. The molecule has 3 aromatic rings. The van der Waals surface area contributed by atoms with Gasteiger partial charge in [0.15, 0.2) is 0 Å². The smallest absolute Gasteiger partial charge is 0.131 e. The van der Waals surface area contributed by atoms with E-state index in [0.717, 1.165) is 46.8 Å². The first-order chi connectivity index (χ1) is 8.36. The van der Waals surface area contributed by atoms with Crippen molar-refractivity contribution >= 4 is 21.8 Å². The summed E-state index contributed by atoms with van der Waals surface area (Å²) in [5, 5.41) is 16.3. The van der Waals surface area contributed by atoms with Gasteiger partial charge in [0.1, 0.15) is 11.8 Å². The lowest BCUT2D eigenvalue weighted by molar-refractivity contribution is 0.188. The van der Waals surface area contributed by atoms with Crippen LogP contribution in [-0.4, -0.2) is 15.1 Å². The summed E-state index contributed by atoms with van der Waals surface area (Å²) in [5.74, 6) is 0. The van der Waals surface area contributed by atoms with Crippen LogP contribution in [0.3, 0.4) is 0 Å². The Kier molecular flexibility index (Phi) is 1.62. The highest BCUT2D eigenvalue weighted by atomic mass is 16.5. The second kappa shape index (κ2) is 3.03. The van der Waals surface area contributed by atoms with Gasteiger partial charge in [-0.05, 0) is 43.4 Å². The number of nitrogens with zero attached hydrogens (tertiary/aromatic N) is 2. The molecular weight excluding hydrogens is 216 g/mol. The van der Waals surface area contributed by atoms with Crippen molar-refractivity contribution in [2.75, 3.05) is 0 Å². The molecule has 1 aliphatic carbocycles. The quantitative estimate of drug-likeness (QED) is 0.602. The van der Waals surface area contributed by atoms with Crippen molar-refractivity contribution in [2.45, 2.75) is 25.7 Å². The van der Waals surface area contributed by atoms with E-state index >= 15 is 0 Å². The summed E-state index contributed by atoms with van der Waals surface area (Å²) in [6.07, 6.45) is 5.94. The van der Waals surface area contributed by atoms with Crippen molar-refractivity contribution < 1.29 is 9.73 Å². The molecule has 0 aliphatic heterocycles. The molecule has 1 aliphatic rings. The Morgan fingerprint density at radius 2 is 2.12 bits per heavy atom. The van der Waals surface area contributed by atoms with Crippen molar-refractivity contribution in [3.63, 3.8) is 0 Å². The summed E-state index contributed by atoms with van der Waals surface area (Å²) in [7, 11) is 0. The average Bonchev–Trinajstić information content (AvgIpc) is 2.93. The predicted molar refractivity (Wildman–Crippen MR) is 63.3 cm³/mol. The van der Waals surface area contributed by atoms with Gasteiger partial charge in [0, 0.05) is 10.8 Å². The lowest BCUT2D eigenvalue weighted by Gasteiger charge is -2.11. The highest BCUT2D eigenvalue weighted by molar-refractivity contribution is 6.06. The van der Waals surface area contributed by atoms with E-state index in [4.69, 9.17) is 4.52 Å². The topological polar surface area (TPSA) is 51.2 Å². The van der Waals surface area contributed by atoms with Crippen molar-refractivity contribution in [1.29, 1.82) is 0 Å². The van der Waals surface area contributed by atoms with Gasteiger partial charge < -0.3 is 9.73 Å². The largest absolute Gasteiger partial charge is 0.428 e. The second-order valence-corrected chi connectivity index (χ2v) is 4.66. The number of aryl methyl sites for hydroxylation is 1. The molecule has 0 fully saturated rings. The van der Waals surface area contributed by atoms with Crippen LogP contribution in [0, 0.1) is 0 Å². The standard InChI is InChI=1S/C13H12N2O2/c16-15-10-4-2-1-3-9(10)12-11(15)6-5-8-7-17-14-13(8)12/h5-7,16H,1-4H2. The van der Waals surface area contributed by atoms with Crippen LogP contribution < -0.4 is 0 Å². The molecule has 0 saturated heterocycles. The first-order valence-electron chi connectivity index (χ1n) is 5.95. The van der Waals surface area contributed by atoms with Crippen LogP contribution in [0.1, 0.15) is 24.1 Å².